The van der Waals surface area contributed by atoms with Gasteiger partial charge in [0.15, 0.2) is 0 Å². The Bertz CT molecular complexity index is 654. The van der Waals surface area contributed by atoms with Crippen molar-refractivity contribution in [2.24, 2.45) is 0 Å². The highest BCUT2D eigenvalue weighted by molar-refractivity contribution is 7.95. The predicted molar refractivity (Wildman–Crippen MR) is 67.2 cm³/mol. The van der Waals surface area contributed by atoms with Gasteiger partial charge < -0.3 is 4.74 Å². The standard InChI is InChI=1S/C13H14O4S/c1-8-6-10-5-4-9(2)18(15,16)12(10)7-11(8)13(14)17-3/h4,6-7H,5H2,1-3H3. The molecule has 1 aliphatic rings. The fraction of sp³-hybridized carbons (Fsp3) is 0.308. The summed E-state index contributed by atoms with van der Waals surface area (Å²) in [6.07, 6.45) is 2.26. The van der Waals surface area contributed by atoms with Gasteiger partial charge >= 0.3 is 5.97 Å². The number of sulfone groups is 1. The lowest BCUT2D eigenvalue weighted by Crippen LogP contribution is -2.14. The maximum Gasteiger partial charge on any atom is 0.338 e. The Hall–Kier alpha value is -1.62. The van der Waals surface area contributed by atoms with Crippen LogP contribution in [0.2, 0.25) is 0 Å². The van der Waals surface area contributed by atoms with Crippen LogP contribution in [-0.2, 0) is 21.0 Å². The lowest BCUT2D eigenvalue weighted by atomic mass is 10.0. The quantitative estimate of drug-likeness (QED) is 0.730. The smallest absolute Gasteiger partial charge is 0.338 e. The second-order valence-corrected chi connectivity index (χ2v) is 6.38. The molecule has 1 aromatic carbocycles. The van der Waals surface area contributed by atoms with E-state index in [-0.39, 0.29) is 4.90 Å². The number of carbonyl (C=O) groups excluding carboxylic acids is 1. The van der Waals surface area contributed by atoms with Crippen molar-refractivity contribution >= 4 is 15.8 Å². The highest BCUT2D eigenvalue weighted by Crippen LogP contribution is 2.31. The Morgan fingerprint density at radius 2 is 1.94 bits per heavy atom. The van der Waals surface area contributed by atoms with E-state index in [4.69, 9.17) is 0 Å². The summed E-state index contributed by atoms with van der Waals surface area (Å²) < 4.78 is 29.0. The average Bonchev–Trinajstić information content (AvgIpc) is 2.33. The van der Waals surface area contributed by atoms with E-state index >= 15 is 0 Å². The number of hydrogen-bond acceptors (Lipinski definition) is 4. The maximum absolute atomic E-state index is 12.2. The molecule has 1 aliphatic heterocycles. The number of esters is 1. The first-order valence-corrected chi connectivity index (χ1v) is 7.00. The second kappa shape index (κ2) is 4.24. The van der Waals surface area contributed by atoms with E-state index in [2.05, 4.69) is 4.74 Å². The highest BCUT2D eigenvalue weighted by Gasteiger charge is 2.26. The van der Waals surface area contributed by atoms with E-state index in [1.54, 1.807) is 26.0 Å². The number of aryl methyl sites for hydroxylation is 1. The molecule has 0 amide bonds. The van der Waals surface area contributed by atoms with Crippen LogP contribution < -0.4 is 0 Å². The number of allylic oxidation sites excluding steroid dienone is 2. The minimum atomic E-state index is -3.45. The van der Waals surface area contributed by atoms with Gasteiger partial charge in [-0.2, -0.15) is 0 Å². The summed E-state index contributed by atoms with van der Waals surface area (Å²) in [5.74, 6) is -0.516. The van der Waals surface area contributed by atoms with E-state index < -0.39 is 15.8 Å². The second-order valence-electron chi connectivity index (χ2n) is 4.29. The third kappa shape index (κ3) is 1.84. The predicted octanol–water partition coefficient (Wildman–Crippen LogP) is 2.02. The number of carbonyl (C=O) groups is 1. The fourth-order valence-corrected chi connectivity index (χ4v) is 3.43. The number of fused-ring (bicyclic) bond motifs is 1. The number of rotatable bonds is 1. The van der Waals surface area contributed by atoms with E-state index in [0.717, 1.165) is 11.1 Å². The van der Waals surface area contributed by atoms with Gasteiger partial charge in [-0.1, -0.05) is 12.1 Å². The van der Waals surface area contributed by atoms with Gasteiger partial charge in [0.05, 0.1) is 17.6 Å². The molecule has 1 aromatic rings. The summed E-state index contributed by atoms with van der Waals surface area (Å²) in [7, 11) is -2.17. The molecule has 96 valence electrons. The van der Waals surface area contributed by atoms with Gasteiger partial charge in [-0.05, 0) is 37.5 Å². The minimum Gasteiger partial charge on any atom is -0.465 e. The van der Waals surface area contributed by atoms with Crippen LogP contribution in [0, 0.1) is 6.92 Å². The molecule has 0 N–H and O–H groups in total. The molecule has 0 fully saturated rings. The molecule has 5 heteroatoms. The lowest BCUT2D eigenvalue weighted by molar-refractivity contribution is 0.0599. The van der Waals surface area contributed by atoms with Crippen molar-refractivity contribution in [1.29, 1.82) is 0 Å². The zero-order valence-corrected chi connectivity index (χ0v) is 11.3. The van der Waals surface area contributed by atoms with Gasteiger partial charge in [0, 0.05) is 4.91 Å². The van der Waals surface area contributed by atoms with Crippen molar-refractivity contribution in [2.75, 3.05) is 7.11 Å². The lowest BCUT2D eigenvalue weighted by Gasteiger charge is -2.17. The van der Waals surface area contributed by atoms with Gasteiger partial charge in [-0.3, -0.25) is 0 Å². The molecule has 18 heavy (non-hydrogen) atoms. The molecule has 0 spiro atoms. The topological polar surface area (TPSA) is 60.4 Å². The van der Waals surface area contributed by atoms with Crippen LogP contribution in [0.1, 0.15) is 28.4 Å². The number of hydrogen-bond donors (Lipinski definition) is 0. The largest absolute Gasteiger partial charge is 0.465 e. The van der Waals surface area contributed by atoms with E-state index in [9.17, 15) is 13.2 Å². The van der Waals surface area contributed by atoms with Gasteiger partial charge in [-0.25, -0.2) is 13.2 Å². The molecule has 4 nitrogen and oxygen atoms in total. The summed E-state index contributed by atoms with van der Waals surface area (Å²) in [6.45, 7) is 3.33. The van der Waals surface area contributed by atoms with Crippen LogP contribution in [0.25, 0.3) is 0 Å². The SMILES string of the molecule is COC(=O)c1cc2c(cc1C)CC=C(C)S2(=O)=O. The minimum absolute atomic E-state index is 0.216. The normalized spacial score (nSPS) is 16.7. The van der Waals surface area contributed by atoms with E-state index in [1.807, 2.05) is 0 Å². The molecule has 0 atom stereocenters. The molecule has 0 bridgehead atoms. The first-order chi connectivity index (χ1) is 8.37. The Morgan fingerprint density at radius 3 is 2.56 bits per heavy atom. The van der Waals surface area contributed by atoms with Crippen LogP contribution in [0.15, 0.2) is 28.0 Å². The van der Waals surface area contributed by atoms with Crippen LogP contribution in [0.3, 0.4) is 0 Å². The maximum atomic E-state index is 12.2. The molecule has 0 saturated heterocycles. The van der Waals surface area contributed by atoms with Crippen molar-refractivity contribution in [2.45, 2.75) is 25.2 Å². The Labute approximate surface area is 106 Å². The number of ether oxygens (including phenoxy) is 1. The molecule has 0 aliphatic carbocycles. The first-order valence-electron chi connectivity index (χ1n) is 5.51. The van der Waals surface area contributed by atoms with Crippen LogP contribution in [0.5, 0.6) is 0 Å². The van der Waals surface area contributed by atoms with Crippen molar-refractivity contribution in [3.8, 4) is 0 Å². The molecule has 0 radical (unpaired) electrons. The van der Waals surface area contributed by atoms with Crippen LogP contribution in [-0.4, -0.2) is 21.5 Å². The van der Waals surface area contributed by atoms with Gasteiger partial charge in [0.25, 0.3) is 0 Å². The van der Waals surface area contributed by atoms with E-state index in [1.165, 1.54) is 13.2 Å². The summed E-state index contributed by atoms with van der Waals surface area (Å²) in [5, 5.41) is 0. The van der Waals surface area contributed by atoms with Crippen molar-refractivity contribution in [1.82, 2.24) is 0 Å². The number of methoxy groups -OCH3 is 1. The van der Waals surface area contributed by atoms with Crippen molar-refractivity contribution < 1.29 is 17.9 Å². The average molecular weight is 266 g/mol. The van der Waals surface area contributed by atoms with Crippen LogP contribution >= 0.6 is 0 Å². The molecule has 0 aromatic heterocycles. The molecule has 2 rings (SSSR count). The number of benzene rings is 1. The summed E-state index contributed by atoms with van der Waals surface area (Å²) in [4.78, 5) is 12.1. The highest BCUT2D eigenvalue weighted by atomic mass is 32.2. The van der Waals surface area contributed by atoms with Gasteiger partial charge in [0.2, 0.25) is 9.84 Å². The Kier molecular flexibility index (Phi) is 3.02. The van der Waals surface area contributed by atoms with Crippen molar-refractivity contribution in [3.05, 3.63) is 39.8 Å². The molecule has 0 saturated carbocycles. The zero-order valence-electron chi connectivity index (χ0n) is 10.5. The summed E-state index contributed by atoms with van der Waals surface area (Å²) in [6, 6.07) is 3.16. The van der Waals surface area contributed by atoms with Crippen molar-refractivity contribution in [3.63, 3.8) is 0 Å². The Morgan fingerprint density at radius 1 is 1.28 bits per heavy atom. The fourth-order valence-electron chi connectivity index (χ4n) is 2.02. The molecule has 1 heterocycles. The molecular formula is C13H14O4S. The van der Waals surface area contributed by atoms with Gasteiger partial charge in [-0.15, -0.1) is 0 Å². The van der Waals surface area contributed by atoms with E-state index in [0.29, 0.717) is 16.9 Å². The first kappa shape index (κ1) is 12.8. The third-order valence-corrected chi connectivity index (χ3v) is 5.11. The molecule has 0 unspecified atom stereocenters. The summed E-state index contributed by atoms with van der Waals surface area (Å²) in [5.41, 5.74) is 1.75. The van der Waals surface area contributed by atoms with Crippen LogP contribution in [0.4, 0.5) is 0 Å². The third-order valence-electron chi connectivity index (χ3n) is 3.14. The Balaban J connectivity index is 2.70. The van der Waals surface area contributed by atoms with Gasteiger partial charge in [0.1, 0.15) is 0 Å². The molecular weight excluding hydrogens is 252 g/mol. The monoisotopic (exact) mass is 266 g/mol. The zero-order chi connectivity index (χ0) is 13.5. The summed E-state index contributed by atoms with van der Waals surface area (Å²) >= 11 is 0.